The maximum atomic E-state index is 12.9. The first-order valence-electron chi connectivity index (χ1n) is 3.94. The number of phenolic OH excluding ortho intramolecular Hbond substituents is 1. The topological polar surface area (TPSA) is 70.0 Å². The molecule has 1 aromatic rings. The van der Waals surface area contributed by atoms with Crippen LogP contribution in [0.2, 0.25) is 0 Å². The van der Waals surface area contributed by atoms with Gasteiger partial charge in [0.1, 0.15) is 0 Å². The predicted molar refractivity (Wildman–Crippen MR) is 45.7 cm³/mol. The van der Waals surface area contributed by atoms with Crippen molar-refractivity contribution in [2.24, 2.45) is 5.73 Å². The first-order chi connectivity index (χ1) is 6.99. The van der Waals surface area contributed by atoms with Gasteiger partial charge in [0.25, 0.3) is 6.43 Å². The summed E-state index contributed by atoms with van der Waals surface area (Å²) < 4.78 is 37.4. The smallest absolute Gasteiger partial charge is 0.257 e. The lowest BCUT2D eigenvalue weighted by Gasteiger charge is -2.14. The Morgan fingerprint density at radius 1 is 1.40 bits per heavy atom. The van der Waals surface area contributed by atoms with Gasteiger partial charge in [-0.1, -0.05) is 0 Å². The van der Waals surface area contributed by atoms with E-state index in [1.54, 1.807) is 6.07 Å². The molecule has 0 aliphatic heterocycles. The molecule has 0 fully saturated rings. The molecular weight excluding hydrogens is 209 g/mol. The van der Waals surface area contributed by atoms with Crippen LogP contribution in [-0.2, 0) is 0 Å². The van der Waals surface area contributed by atoms with Gasteiger partial charge >= 0.3 is 0 Å². The van der Waals surface area contributed by atoms with Gasteiger partial charge in [0.2, 0.25) is 0 Å². The average Bonchev–Trinajstić information content (AvgIpc) is 2.20. The second-order valence-electron chi connectivity index (χ2n) is 2.83. The molecule has 0 aliphatic rings. The van der Waals surface area contributed by atoms with Gasteiger partial charge in [0, 0.05) is 5.56 Å². The highest BCUT2D eigenvalue weighted by Crippen LogP contribution is 2.31. The normalized spacial score (nSPS) is 12.5. The molecule has 15 heavy (non-hydrogen) atoms. The fourth-order valence-electron chi connectivity index (χ4n) is 1.14. The summed E-state index contributed by atoms with van der Waals surface area (Å²) in [7, 11) is 0. The maximum Gasteiger partial charge on any atom is 0.257 e. The molecule has 1 rings (SSSR count). The van der Waals surface area contributed by atoms with E-state index in [4.69, 9.17) is 11.0 Å². The molecule has 0 heterocycles. The van der Waals surface area contributed by atoms with Crippen LogP contribution in [0.15, 0.2) is 12.1 Å². The van der Waals surface area contributed by atoms with Crippen molar-refractivity contribution in [1.29, 1.82) is 5.26 Å². The van der Waals surface area contributed by atoms with E-state index in [2.05, 4.69) is 0 Å². The van der Waals surface area contributed by atoms with Gasteiger partial charge < -0.3 is 10.8 Å². The number of rotatable bonds is 2. The molecule has 0 aromatic heterocycles. The van der Waals surface area contributed by atoms with Gasteiger partial charge in [0.05, 0.1) is 17.7 Å². The van der Waals surface area contributed by atoms with Crippen molar-refractivity contribution in [2.75, 3.05) is 0 Å². The molecular formula is C9H7F3N2O. The number of hydrogen-bond acceptors (Lipinski definition) is 3. The first kappa shape index (κ1) is 11.3. The minimum Gasteiger partial charge on any atom is -0.505 e. The van der Waals surface area contributed by atoms with Crippen LogP contribution in [0.3, 0.4) is 0 Å². The third kappa shape index (κ3) is 2.02. The fraction of sp³-hybridized carbons (Fsp3) is 0.222. The Labute approximate surface area is 83.5 Å². The Hall–Kier alpha value is -1.74. The van der Waals surface area contributed by atoms with Crippen molar-refractivity contribution in [2.45, 2.75) is 12.5 Å². The molecule has 0 amide bonds. The molecule has 3 N–H and O–H groups in total. The largest absolute Gasteiger partial charge is 0.505 e. The van der Waals surface area contributed by atoms with Crippen LogP contribution in [0, 0.1) is 17.1 Å². The Bertz CT molecular complexity index is 415. The second-order valence-corrected chi connectivity index (χ2v) is 2.83. The lowest BCUT2D eigenvalue weighted by Crippen LogP contribution is -2.20. The first-order valence-corrected chi connectivity index (χ1v) is 3.94. The van der Waals surface area contributed by atoms with Gasteiger partial charge in [-0.05, 0) is 12.1 Å². The minimum atomic E-state index is -2.98. The van der Waals surface area contributed by atoms with Crippen molar-refractivity contribution in [3.63, 3.8) is 0 Å². The molecule has 0 saturated carbocycles. The summed E-state index contributed by atoms with van der Waals surface area (Å²) in [5.41, 5.74) is 4.23. The van der Waals surface area contributed by atoms with Gasteiger partial charge in [-0.3, -0.25) is 0 Å². The summed E-state index contributed by atoms with van der Waals surface area (Å²) >= 11 is 0. The SMILES string of the molecule is N#Cc1ccc(F)c(O)c1[C@@H](N)C(F)F. The third-order valence-electron chi connectivity index (χ3n) is 1.89. The fourth-order valence-corrected chi connectivity index (χ4v) is 1.14. The van der Waals surface area contributed by atoms with Crippen LogP contribution in [-0.4, -0.2) is 11.5 Å². The Kier molecular flexibility index (Phi) is 3.17. The molecule has 0 radical (unpaired) electrons. The molecule has 0 bridgehead atoms. The van der Waals surface area contributed by atoms with E-state index in [1.165, 1.54) is 0 Å². The van der Waals surface area contributed by atoms with Crippen molar-refractivity contribution in [1.82, 2.24) is 0 Å². The molecule has 0 spiro atoms. The highest BCUT2D eigenvalue weighted by molar-refractivity contribution is 5.48. The summed E-state index contributed by atoms with van der Waals surface area (Å²) in [6, 6.07) is 1.49. The van der Waals surface area contributed by atoms with Gasteiger partial charge in [-0.15, -0.1) is 0 Å². The van der Waals surface area contributed by atoms with Gasteiger partial charge in [-0.25, -0.2) is 13.2 Å². The van der Waals surface area contributed by atoms with E-state index in [-0.39, 0.29) is 5.56 Å². The van der Waals surface area contributed by atoms with Crippen molar-refractivity contribution in [3.05, 3.63) is 29.1 Å². The van der Waals surface area contributed by atoms with Crippen LogP contribution in [0.5, 0.6) is 5.75 Å². The number of benzene rings is 1. The number of halogens is 3. The summed E-state index contributed by atoms with van der Waals surface area (Å²) in [5.74, 6) is -2.08. The van der Waals surface area contributed by atoms with Crippen molar-refractivity contribution >= 4 is 0 Å². The third-order valence-corrected chi connectivity index (χ3v) is 1.89. The van der Waals surface area contributed by atoms with Crippen LogP contribution in [0.25, 0.3) is 0 Å². The van der Waals surface area contributed by atoms with E-state index in [0.717, 1.165) is 12.1 Å². The lowest BCUT2D eigenvalue weighted by molar-refractivity contribution is 0.115. The van der Waals surface area contributed by atoms with E-state index >= 15 is 0 Å². The van der Waals surface area contributed by atoms with E-state index in [0.29, 0.717) is 0 Å². The van der Waals surface area contributed by atoms with Gasteiger partial charge in [-0.2, -0.15) is 5.26 Å². The van der Waals surface area contributed by atoms with E-state index in [1.807, 2.05) is 0 Å². The number of nitriles is 1. The number of hydrogen-bond donors (Lipinski definition) is 2. The molecule has 1 atom stereocenters. The Balaban J connectivity index is 3.37. The highest BCUT2D eigenvalue weighted by Gasteiger charge is 2.25. The molecule has 0 unspecified atom stereocenters. The average molecular weight is 216 g/mol. The maximum absolute atomic E-state index is 12.9. The Morgan fingerprint density at radius 2 is 2.00 bits per heavy atom. The number of nitrogens with zero attached hydrogens (tertiary/aromatic N) is 1. The van der Waals surface area contributed by atoms with Crippen LogP contribution >= 0.6 is 0 Å². The Morgan fingerprint density at radius 3 is 2.47 bits per heavy atom. The zero-order valence-electron chi connectivity index (χ0n) is 7.42. The molecule has 80 valence electrons. The minimum absolute atomic E-state index is 0.262. The lowest BCUT2D eigenvalue weighted by atomic mass is 10.0. The molecule has 0 aliphatic carbocycles. The molecule has 6 heteroatoms. The zero-order valence-corrected chi connectivity index (χ0v) is 7.42. The van der Waals surface area contributed by atoms with E-state index < -0.39 is 29.6 Å². The predicted octanol–water partition coefficient (Wildman–Crippen LogP) is 1.67. The quantitative estimate of drug-likeness (QED) is 0.789. The number of phenols is 1. The van der Waals surface area contributed by atoms with E-state index in [9.17, 15) is 18.3 Å². The highest BCUT2D eigenvalue weighted by atomic mass is 19.3. The summed E-state index contributed by atoms with van der Waals surface area (Å²) in [5, 5.41) is 17.8. The van der Waals surface area contributed by atoms with Crippen LogP contribution < -0.4 is 5.73 Å². The van der Waals surface area contributed by atoms with Crippen molar-refractivity contribution in [3.8, 4) is 11.8 Å². The molecule has 0 saturated heterocycles. The number of nitrogens with two attached hydrogens (primary N) is 1. The monoisotopic (exact) mass is 216 g/mol. The second kappa shape index (κ2) is 4.19. The van der Waals surface area contributed by atoms with Crippen LogP contribution in [0.1, 0.15) is 17.2 Å². The molecule has 1 aromatic carbocycles. The summed E-state index contributed by atoms with van der Waals surface area (Å²) in [6.45, 7) is 0. The van der Waals surface area contributed by atoms with Gasteiger partial charge in [0.15, 0.2) is 11.6 Å². The van der Waals surface area contributed by atoms with Crippen LogP contribution in [0.4, 0.5) is 13.2 Å². The zero-order chi connectivity index (χ0) is 11.6. The summed E-state index contributed by atoms with van der Waals surface area (Å²) in [6.07, 6.45) is -2.98. The van der Waals surface area contributed by atoms with Crippen molar-refractivity contribution < 1.29 is 18.3 Å². The number of alkyl halides is 2. The summed E-state index contributed by atoms with van der Waals surface area (Å²) in [4.78, 5) is 0. The molecule has 3 nitrogen and oxygen atoms in total. The number of aromatic hydroxyl groups is 1. The standard InChI is InChI=1S/C9H7F3N2O/c10-5-2-1-4(3-13)6(8(5)15)7(14)9(11)12/h1-2,7,9,15H,14H2/t7-/m1/s1.